The van der Waals surface area contributed by atoms with E-state index in [0.717, 1.165) is 25.3 Å². The molecule has 2 N–H and O–H groups in total. The minimum Gasteiger partial charge on any atom is -0.383 e. The van der Waals surface area contributed by atoms with Crippen molar-refractivity contribution in [3.8, 4) is 0 Å². The molecule has 5 heteroatoms. The molecular weight excluding hydrogens is 230 g/mol. The summed E-state index contributed by atoms with van der Waals surface area (Å²) in [5.41, 5.74) is 7.83. The Morgan fingerprint density at radius 2 is 1.89 bits per heavy atom. The van der Waals surface area contributed by atoms with Gasteiger partial charge in [0.05, 0.1) is 18.9 Å². The number of rotatable bonds is 9. The molecule has 0 aliphatic heterocycles. The normalized spacial score (nSPS) is 11.1. The molecule has 1 aromatic rings. The van der Waals surface area contributed by atoms with Gasteiger partial charge in [-0.3, -0.25) is 9.88 Å². The van der Waals surface area contributed by atoms with Crippen LogP contribution in [0.25, 0.3) is 0 Å². The summed E-state index contributed by atoms with van der Waals surface area (Å²) in [6.07, 6.45) is 1.78. The van der Waals surface area contributed by atoms with Crippen molar-refractivity contribution >= 4 is 0 Å². The van der Waals surface area contributed by atoms with Crippen molar-refractivity contribution in [2.24, 2.45) is 5.73 Å². The fourth-order valence-electron chi connectivity index (χ4n) is 1.75. The van der Waals surface area contributed by atoms with E-state index in [1.165, 1.54) is 5.56 Å². The van der Waals surface area contributed by atoms with Crippen LogP contribution in [-0.2, 0) is 22.6 Å². The van der Waals surface area contributed by atoms with E-state index in [9.17, 15) is 0 Å². The van der Waals surface area contributed by atoms with E-state index in [0.29, 0.717) is 19.8 Å². The summed E-state index contributed by atoms with van der Waals surface area (Å²) in [5.74, 6) is 0. The topological polar surface area (TPSA) is 60.6 Å². The van der Waals surface area contributed by atoms with Gasteiger partial charge in [-0.1, -0.05) is 6.07 Å². The fraction of sp³-hybridized carbons (Fsp3) is 0.615. The van der Waals surface area contributed by atoms with Crippen LogP contribution in [0.4, 0.5) is 0 Å². The zero-order valence-electron chi connectivity index (χ0n) is 11.3. The first-order valence-electron chi connectivity index (χ1n) is 6.15. The Kier molecular flexibility index (Phi) is 7.52. The molecule has 5 nitrogen and oxygen atoms in total. The number of hydrogen-bond acceptors (Lipinski definition) is 5. The van der Waals surface area contributed by atoms with Crippen LogP contribution in [0.5, 0.6) is 0 Å². The van der Waals surface area contributed by atoms with Crippen molar-refractivity contribution in [1.29, 1.82) is 0 Å². The number of nitrogens with two attached hydrogens (primary N) is 1. The molecule has 0 amide bonds. The smallest absolute Gasteiger partial charge is 0.0589 e. The molecule has 0 aliphatic carbocycles. The highest BCUT2D eigenvalue weighted by atomic mass is 16.5. The average molecular weight is 253 g/mol. The highest BCUT2D eigenvalue weighted by Gasteiger charge is 2.09. The van der Waals surface area contributed by atoms with Crippen LogP contribution in [0.2, 0.25) is 0 Å². The second kappa shape index (κ2) is 8.99. The number of nitrogens with zero attached hydrogens (tertiary/aromatic N) is 2. The minimum absolute atomic E-state index is 0.471. The molecule has 0 aliphatic rings. The fourth-order valence-corrected chi connectivity index (χ4v) is 1.75. The van der Waals surface area contributed by atoms with Crippen LogP contribution in [-0.4, -0.2) is 50.4 Å². The maximum atomic E-state index is 5.70. The molecule has 0 unspecified atom stereocenters. The van der Waals surface area contributed by atoms with E-state index in [-0.39, 0.29) is 0 Å². The Morgan fingerprint density at radius 1 is 1.22 bits per heavy atom. The summed E-state index contributed by atoms with van der Waals surface area (Å²) in [7, 11) is 3.42. The van der Waals surface area contributed by atoms with Crippen LogP contribution >= 0.6 is 0 Å². The molecule has 1 rings (SSSR count). The van der Waals surface area contributed by atoms with Gasteiger partial charge >= 0.3 is 0 Å². The number of ether oxygens (including phenoxy) is 2. The van der Waals surface area contributed by atoms with Gasteiger partial charge in [-0.05, 0) is 11.6 Å². The van der Waals surface area contributed by atoms with Crippen LogP contribution in [0, 0.1) is 0 Å². The molecule has 0 atom stereocenters. The predicted molar refractivity (Wildman–Crippen MR) is 71.2 cm³/mol. The van der Waals surface area contributed by atoms with Gasteiger partial charge in [0.25, 0.3) is 0 Å². The van der Waals surface area contributed by atoms with Crippen molar-refractivity contribution in [3.05, 3.63) is 29.6 Å². The molecule has 1 heterocycles. The Labute approximate surface area is 109 Å². The maximum Gasteiger partial charge on any atom is 0.0589 e. The number of methoxy groups -OCH3 is 2. The van der Waals surface area contributed by atoms with Crippen molar-refractivity contribution in [2.75, 3.05) is 40.5 Å². The summed E-state index contributed by atoms with van der Waals surface area (Å²) >= 11 is 0. The lowest BCUT2D eigenvalue weighted by Gasteiger charge is -2.22. The summed E-state index contributed by atoms with van der Waals surface area (Å²) in [6.45, 7) is 4.47. The van der Waals surface area contributed by atoms with E-state index in [4.69, 9.17) is 15.2 Å². The van der Waals surface area contributed by atoms with Crippen molar-refractivity contribution in [2.45, 2.75) is 13.1 Å². The van der Waals surface area contributed by atoms with Crippen molar-refractivity contribution in [3.63, 3.8) is 0 Å². The van der Waals surface area contributed by atoms with E-state index >= 15 is 0 Å². The highest BCUT2D eigenvalue weighted by molar-refractivity contribution is 5.19. The zero-order valence-corrected chi connectivity index (χ0v) is 11.3. The summed E-state index contributed by atoms with van der Waals surface area (Å²) in [5, 5.41) is 0. The molecule has 0 fully saturated rings. The van der Waals surface area contributed by atoms with Gasteiger partial charge in [-0.2, -0.15) is 0 Å². The Morgan fingerprint density at radius 3 is 2.44 bits per heavy atom. The molecule has 1 aromatic heterocycles. The van der Waals surface area contributed by atoms with Gasteiger partial charge < -0.3 is 15.2 Å². The molecule has 0 aromatic carbocycles. The van der Waals surface area contributed by atoms with E-state index < -0.39 is 0 Å². The lowest BCUT2D eigenvalue weighted by Crippen LogP contribution is -2.31. The monoisotopic (exact) mass is 253 g/mol. The number of pyridine rings is 1. The van der Waals surface area contributed by atoms with Gasteiger partial charge in [0.1, 0.15) is 0 Å². The molecule has 0 radical (unpaired) electrons. The second-order valence-corrected chi connectivity index (χ2v) is 4.08. The lowest BCUT2D eigenvalue weighted by molar-refractivity contribution is 0.110. The molecule has 0 saturated carbocycles. The zero-order chi connectivity index (χ0) is 13.2. The molecular formula is C13H23N3O2. The van der Waals surface area contributed by atoms with Gasteiger partial charge in [0, 0.05) is 46.6 Å². The first-order chi connectivity index (χ1) is 8.81. The molecule has 0 saturated heterocycles. The second-order valence-electron chi connectivity index (χ2n) is 4.08. The number of hydrogen-bond donors (Lipinski definition) is 1. The van der Waals surface area contributed by atoms with Crippen LogP contribution in [0.1, 0.15) is 11.3 Å². The van der Waals surface area contributed by atoms with Crippen molar-refractivity contribution in [1.82, 2.24) is 9.88 Å². The van der Waals surface area contributed by atoms with Gasteiger partial charge in [-0.15, -0.1) is 0 Å². The van der Waals surface area contributed by atoms with Gasteiger partial charge in [0.15, 0.2) is 0 Å². The largest absolute Gasteiger partial charge is 0.383 e. The quantitative estimate of drug-likeness (QED) is 0.699. The minimum atomic E-state index is 0.471. The average Bonchev–Trinajstić information content (AvgIpc) is 2.42. The lowest BCUT2D eigenvalue weighted by atomic mass is 10.2. The maximum absolute atomic E-state index is 5.70. The third-order valence-electron chi connectivity index (χ3n) is 2.80. The van der Waals surface area contributed by atoms with Crippen LogP contribution < -0.4 is 5.73 Å². The van der Waals surface area contributed by atoms with Gasteiger partial charge in [-0.25, -0.2) is 0 Å². The Balaban J connectivity index is 2.62. The number of aromatic nitrogens is 1. The SMILES string of the molecule is COCCN(CCOC)Cc1cccnc1CN. The van der Waals surface area contributed by atoms with E-state index in [1.54, 1.807) is 20.4 Å². The van der Waals surface area contributed by atoms with Crippen LogP contribution in [0.15, 0.2) is 18.3 Å². The molecule has 0 spiro atoms. The molecule has 0 bridgehead atoms. The third-order valence-corrected chi connectivity index (χ3v) is 2.80. The Bertz CT molecular complexity index is 326. The van der Waals surface area contributed by atoms with Crippen molar-refractivity contribution < 1.29 is 9.47 Å². The summed E-state index contributed by atoms with van der Waals surface area (Å²) < 4.78 is 10.2. The van der Waals surface area contributed by atoms with E-state index in [2.05, 4.69) is 16.0 Å². The molecule has 102 valence electrons. The first kappa shape index (κ1) is 15.0. The van der Waals surface area contributed by atoms with E-state index in [1.807, 2.05) is 6.07 Å². The standard InChI is InChI=1S/C13H23N3O2/c1-17-8-6-16(7-9-18-2)11-12-4-3-5-15-13(12)10-14/h3-5H,6-11,14H2,1-2H3. The summed E-state index contributed by atoms with van der Waals surface area (Å²) in [6, 6.07) is 4.01. The van der Waals surface area contributed by atoms with Crippen LogP contribution in [0.3, 0.4) is 0 Å². The third kappa shape index (κ3) is 5.10. The first-order valence-corrected chi connectivity index (χ1v) is 6.15. The highest BCUT2D eigenvalue weighted by Crippen LogP contribution is 2.08. The summed E-state index contributed by atoms with van der Waals surface area (Å²) in [4.78, 5) is 6.58. The Hall–Kier alpha value is -1.01. The molecule has 18 heavy (non-hydrogen) atoms. The predicted octanol–water partition coefficient (Wildman–Crippen LogP) is 0.635. The van der Waals surface area contributed by atoms with Gasteiger partial charge in [0.2, 0.25) is 0 Å².